The van der Waals surface area contributed by atoms with Crippen LogP contribution in [0.4, 0.5) is 5.69 Å². The van der Waals surface area contributed by atoms with E-state index in [2.05, 4.69) is 16.4 Å². The van der Waals surface area contributed by atoms with E-state index in [9.17, 15) is 4.79 Å². The molecule has 0 spiro atoms. The van der Waals surface area contributed by atoms with Crippen LogP contribution in [0.1, 0.15) is 12.8 Å². The van der Waals surface area contributed by atoms with E-state index in [1.807, 2.05) is 23.1 Å². The number of hydrogen-bond acceptors (Lipinski definition) is 3. The Morgan fingerprint density at radius 2 is 2.10 bits per heavy atom. The van der Waals surface area contributed by atoms with Gasteiger partial charge < -0.3 is 10.2 Å². The summed E-state index contributed by atoms with van der Waals surface area (Å²) in [5.41, 5.74) is 1.05. The molecule has 5 heteroatoms. The van der Waals surface area contributed by atoms with Gasteiger partial charge in [-0.1, -0.05) is 17.7 Å². The van der Waals surface area contributed by atoms with E-state index in [-0.39, 0.29) is 0 Å². The first-order valence-electron chi connectivity index (χ1n) is 6.76. The minimum absolute atomic E-state index is 0.402. The third-order valence-corrected chi connectivity index (χ3v) is 4.07. The molecule has 104 valence electrons. The number of fused-ring (bicyclic) bond motifs is 1. The Balaban J connectivity index is 1.75. The van der Waals surface area contributed by atoms with Crippen LogP contribution >= 0.6 is 11.6 Å². The van der Waals surface area contributed by atoms with Gasteiger partial charge in [0, 0.05) is 36.4 Å². The van der Waals surface area contributed by atoms with E-state index < -0.39 is 0 Å². The number of halogens is 1. The molecule has 3 rings (SSSR count). The van der Waals surface area contributed by atoms with E-state index in [4.69, 9.17) is 11.6 Å². The molecule has 0 radical (unpaired) electrons. The van der Waals surface area contributed by atoms with Crippen LogP contribution in [-0.4, -0.2) is 35.4 Å². The fourth-order valence-electron chi connectivity index (χ4n) is 2.61. The molecule has 0 saturated carbocycles. The van der Waals surface area contributed by atoms with Crippen LogP contribution in [0, 0.1) is 0 Å². The number of likely N-dealkylation sites (tertiary alicyclic amines) is 1. The number of hydrogen-bond donors (Lipinski definition) is 1. The molecule has 1 aromatic carbocycles. The number of aromatic nitrogens is 1. The van der Waals surface area contributed by atoms with Gasteiger partial charge >= 0.3 is 0 Å². The zero-order valence-electron chi connectivity index (χ0n) is 11.1. The van der Waals surface area contributed by atoms with Crippen LogP contribution in [0.25, 0.3) is 10.8 Å². The number of carbonyl (C=O) groups is 1. The maximum absolute atomic E-state index is 10.7. The van der Waals surface area contributed by atoms with Crippen molar-refractivity contribution < 1.29 is 4.79 Å². The molecule has 0 aliphatic carbocycles. The molecule has 0 atom stereocenters. The summed E-state index contributed by atoms with van der Waals surface area (Å²) in [5, 5.41) is 6.10. The Kier molecular flexibility index (Phi) is 3.74. The van der Waals surface area contributed by atoms with Gasteiger partial charge in [-0.2, -0.15) is 0 Å². The van der Waals surface area contributed by atoms with Gasteiger partial charge in [-0.25, -0.2) is 4.98 Å². The number of nitrogens with one attached hydrogen (secondary N) is 1. The summed E-state index contributed by atoms with van der Waals surface area (Å²) in [5.74, 6) is 0. The molecule has 2 heterocycles. The minimum Gasteiger partial charge on any atom is -0.382 e. The Labute approximate surface area is 122 Å². The highest BCUT2D eigenvalue weighted by Gasteiger charge is 2.17. The van der Waals surface area contributed by atoms with Crippen molar-refractivity contribution in [2.45, 2.75) is 18.9 Å². The number of carbonyl (C=O) groups excluding carboxylic acids is 1. The van der Waals surface area contributed by atoms with Gasteiger partial charge in [-0.3, -0.25) is 4.79 Å². The molecule has 0 unspecified atom stereocenters. The van der Waals surface area contributed by atoms with E-state index >= 15 is 0 Å². The number of piperidine rings is 1. The third kappa shape index (κ3) is 2.70. The number of anilines is 1. The molecule has 1 aliphatic rings. The van der Waals surface area contributed by atoms with Crippen LogP contribution in [-0.2, 0) is 4.79 Å². The Bertz CT molecular complexity index is 624. The van der Waals surface area contributed by atoms with Crippen LogP contribution in [0.5, 0.6) is 0 Å². The Morgan fingerprint density at radius 1 is 1.30 bits per heavy atom. The van der Waals surface area contributed by atoms with Crippen molar-refractivity contribution in [3.8, 4) is 0 Å². The molecule has 1 aromatic heterocycles. The summed E-state index contributed by atoms with van der Waals surface area (Å²) >= 11 is 6.13. The van der Waals surface area contributed by atoms with Crippen LogP contribution in [0.2, 0.25) is 5.15 Å². The van der Waals surface area contributed by atoms with Crippen molar-refractivity contribution in [3.63, 3.8) is 0 Å². The first-order chi connectivity index (χ1) is 9.76. The van der Waals surface area contributed by atoms with Gasteiger partial charge in [0.05, 0.1) is 0 Å². The van der Waals surface area contributed by atoms with E-state index in [1.54, 1.807) is 6.20 Å². The van der Waals surface area contributed by atoms with Crippen molar-refractivity contribution in [2.24, 2.45) is 0 Å². The van der Waals surface area contributed by atoms with Crippen LogP contribution in [0.3, 0.4) is 0 Å². The van der Waals surface area contributed by atoms with Gasteiger partial charge in [0.25, 0.3) is 0 Å². The molecule has 1 aliphatic heterocycles. The van der Waals surface area contributed by atoms with Gasteiger partial charge in [0.2, 0.25) is 6.41 Å². The topological polar surface area (TPSA) is 45.2 Å². The molecule has 20 heavy (non-hydrogen) atoms. The first-order valence-corrected chi connectivity index (χ1v) is 7.14. The van der Waals surface area contributed by atoms with E-state index in [1.165, 1.54) is 0 Å². The largest absolute Gasteiger partial charge is 0.382 e. The second-order valence-electron chi connectivity index (χ2n) is 5.10. The number of pyridine rings is 1. The fourth-order valence-corrected chi connectivity index (χ4v) is 2.83. The summed E-state index contributed by atoms with van der Waals surface area (Å²) in [7, 11) is 0. The Hall–Kier alpha value is -1.81. The summed E-state index contributed by atoms with van der Waals surface area (Å²) < 4.78 is 0. The van der Waals surface area contributed by atoms with Crippen LogP contribution < -0.4 is 5.32 Å². The fraction of sp³-hybridized carbons (Fsp3) is 0.333. The lowest BCUT2D eigenvalue weighted by Gasteiger charge is -2.30. The van der Waals surface area contributed by atoms with Gasteiger partial charge in [-0.05, 0) is 36.4 Å². The maximum Gasteiger partial charge on any atom is 0.209 e. The van der Waals surface area contributed by atoms with Gasteiger partial charge in [-0.15, -0.1) is 0 Å². The highest BCUT2D eigenvalue weighted by molar-refractivity contribution is 6.34. The lowest BCUT2D eigenvalue weighted by molar-refractivity contribution is -0.118. The van der Waals surface area contributed by atoms with Crippen molar-refractivity contribution in [2.75, 3.05) is 18.4 Å². The predicted molar refractivity (Wildman–Crippen MR) is 81.0 cm³/mol. The average Bonchev–Trinajstić information content (AvgIpc) is 2.49. The zero-order valence-corrected chi connectivity index (χ0v) is 11.8. The number of amides is 1. The predicted octanol–water partition coefficient (Wildman–Crippen LogP) is 2.92. The molecule has 2 aromatic rings. The maximum atomic E-state index is 10.7. The quantitative estimate of drug-likeness (QED) is 0.698. The van der Waals surface area contributed by atoms with Crippen molar-refractivity contribution in [1.29, 1.82) is 0 Å². The third-order valence-electron chi connectivity index (χ3n) is 3.77. The molecular weight excluding hydrogens is 274 g/mol. The zero-order chi connectivity index (χ0) is 13.9. The number of benzene rings is 1. The lowest BCUT2D eigenvalue weighted by atomic mass is 10.0. The first kappa shape index (κ1) is 13.2. The smallest absolute Gasteiger partial charge is 0.209 e. The Morgan fingerprint density at radius 3 is 2.85 bits per heavy atom. The highest BCUT2D eigenvalue weighted by Crippen LogP contribution is 2.25. The molecule has 1 saturated heterocycles. The van der Waals surface area contributed by atoms with Crippen molar-refractivity contribution in [1.82, 2.24) is 9.88 Å². The summed E-state index contributed by atoms with van der Waals surface area (Å²) in [6.45, 7) is 1.63. The van der Waals surface area contributed by atoms with Crippen LogP contribution in [0.15, 0.2) is 30.5 Å². The highest BCUT2D eigenvalue weighted by atomic mass is 35.5. The molecule has 1 N–H and O–H groups in total. The monoisotopic (exact) mass is 289 g/mol. The number of nitrogens with zero attached hydrogens (tertiary/aromatic N) is 2. The second-order valence-corrected chi connectivity index (χ2v) is 5.46. The normalized spacial score (nSPS) is 16.4. The van der Waals surface area contributed by atoms with Crippen molar-refractivity contribution in [3.05, 3.63) is 35.6 Å². The molecule has 0 bridgehead atoms. The molecule has 1 fully saturated rings. The lowest BCUT2D eigenvalue weighted by Crippen LogP contribution is -2.38. The molecule has 1 amide bonds. The van der Waals surface area contributed by atoms with Crippen molar-refractivity contribution >= 4 is 34.5 Å². The summed E-state index contributed by atoms with van der Waals surface area (Å²) in [4.78, 5) is 16.6. The standard InChI is InChI=1S/C15H16ClN3O/c16-15-14-9-13(2-1-11(14)3-6-17-15)18-12-4-7-19(10-20)8-5-12/h1-3,6,9-10,12,18H,4-5,7-8H2. The van der Waals surface area contributed by atoms with E-state index in [0.29, 0.717) is 11.2 Å². The average molecular weight is 290 g/mol. The van der Waals surface area contributed by atoms with Gasteiger partial charge in [0.15, 0.2) is 0 Å². The number of rotatable bonds is 3. The molecule has 4 nitrogen and oxygen atoms in total. The SMILES string of the molecule is O=CN1CCC(Nc2ccc3ccnc(Cl)c3c2)CC1. The summed E-state index contributed by atoms with van der Waals surface area (Å²) in [6, 6.07) is 8.50. The van der Waals surface area contributed by atoms with E-state index in [0.717, 1.165) is 48.8 Å². The minimum atomic E-state index is 0.402. The second kappa shape index (κ2) is 5.67. The summed E-state index contributed by atoms with van der Waals surface area (Å²) in [6.07, 6.45) is 4.58. The molecular formula is C15H16ClN3O. The van der Waals surface area contributed by atoms with Gasteiger partial charge in [0.1, 0.15) is 5.15 Å².